The Morgan fingerprint density at radius 3 is 2.57 bits per heavy atom. The summed E-state index contributed by atoms with van der Waals surface area (Å²) >= 11 is 0. The lowest BCUT2D eigenvalue weighted by Crippen LogP contribution is -2.58. The molecule has 0 aromatic rings. The molecule has 1 aliphatic heterocycles. The highest BCUT2D eigenvalue weighted by molar-refractivity contribution is 5.80. The molecule has 2 aliphatic rings. The Kier molecular flexibility index (Phi) is 2.52. The molecule has 0 bridgehead atoms. The van der Waals surface area contributed by atoms with Crippen molar-refractivity contribution in [1.82, 2.24) is 10.6 Å². The third-order valence-corrected chi connectivity index (χ3v) is 3.70. The Morgan fingerprint density at radius 2 is 2.14 bits per heavy atom. The van der Waals surface area contributed by atoms with Gasteiger partial charge in [-0.15, -0.1) is 0 Å². The van der Waals surface area contributed by atoms with Crippen LogP contribution in [-0.4, -0.2) is 25.0 Å². The molecule has 0 spiro atoms. The predicted molar refractivity (Wildman–Crippen MR) is 55.9 cm³/mol. The average Bonchev–Trinajstić information content (AvgIpc) is 2.37. The highest BCUT2D eigenvalue weighted by atomic mass is 16.2. The van der Waals surface area contributed by atoms with Gasteiger partial charge in [0.05, 0.1) is 6.04 Å². The van der Waals surface area contributed by atoms with Crippen LogP contribution in [0.4, 0.5) is 0 Å². The monoisotopic (exact) mass is 196 g/mol. The van der Waals surface area contributed by atoms with Crippen LogP contribution in [0.25, 0.3) is 0 Å². The molecule has 0 aromatic carbocycles. The van der Waals surface area contributed by atoms with Gasteiger partial charge >= 0.3 is 0 Å². The molecule has 1 saturated carbocycles. The van der Waals surface area contributed by atoms with E-state index in [1.54, 1.807) is 0 Å². The third-order valence-electron chi connectivity index (χ3n) is 3.70. The molecule has 1 aliphatic carbocycles. The Morgan fingerprint density at radius 1 is 1.43 bits per heavy atom. The third kappa shape index (κ3) is 1.78. The summed E-state index contributed by atoms with van der Waals surface area (Å²) < 4.78 is 0. The highest BCUT2D eigenvalue weighted by Gasteiger charge is 2.40. The summed E-state index contributed by atoms with van der Waals surface area (Å²) in [4.78, 5) is 11.9. The van der Waals surface area contributed by atoms with Crippen LogP contribution >= 0.6 is 0 Å². The summed E-state index contributed by atoms with van der Waals surface area (Å²) in [7, 11) is 0. The van der Waals surface area contributed by atoms with E-state index in [1.807, 2.05) is 0 Å². The smallest absolute Gasteiger partial charge is 0.223 e. The van der Waals surface area contributed by atoms with Crippen LogP contribution in [-0.2, 0) is 4.79 Å². The SMILES string of the molecule is CC1(C)CCCC1C(=O)NC1CNC1. The van der Waals surface area contributed by atoms with Crippen LogP contribution in [0.2, 0.25) is 0 Å². The second kappa shape index (κ2) is 3.54. The van der Waals surface area contributed by atoms with Crippen LogP contribution in [0.5, 0.6) is 0 Å². The number of hydrogen-bond acceptors (Lipinski definition) is 2. The molecule has 14 heavy (non-hydrogen) atoms. The molecule has 3 heteroatoms. The zero-order valence-electron chi connectivity index (χ0n) is 9.10. The second-order valence-electron chi connectivity index (χ2n) is 5.30. The lowest BCUT2D eigenvalue weighted by Gasteiger charge is -2.32. The Labute approximate surface area is 85.6 Å². The van der Waals surface area contributed by atoms with E-state index >= 15 is 0 Å². The van der Waals surface area contributed by atoms with Gasteiger partial charge in [-0.3, -0.25) is 4.79 Å². The molecule has 2 rings (SSSR count). The van der Waals surface area contributed by atoms with Crippen molar-refractivity contribution in [2.75, 3.05) is 13.1 Å². The second-order valence-corrected chi connectivity index (χ2v) is 5.30. The van der Waals surface area contributed by atoms with Crippen molar-refractivity contribution < 1.29 is 4.79 Å². The number of carbonyl (C=O) groups is 1. The van der Waals surface area contributed by atoms with E-state index in [0.717, 1.165) is 19.5 Å². The zero-order valence-corrected chi connectivity index (χ0v) is 9.10. The summed E-state index contributed by atoms with van der Waals surface area (Å²) in [5.41, 5.74) is 0.210. The first-order valence-corrected chi connectivity index (χ1v) is 5.61. The lowest BCUT2D eigenvalue weighted by molar-refractivity contribution is -0.128. The molecule has 1 unspecified atom stereocenters. The maximum Gasteiger partial charge on any atom is 0.223 e. The van der Waals surface area contributed by atoms with Gasteiger partial charge in [0.15, 0.2) is 0 Å². The molecule has 2 fully saturated rings. The fraction of sp³-hybridized carbons (Fsp3) is 0.909. The van der Waals surface area contributed by atoms with Crippen LogP contribution in [0.1, 0.15) is 33.1 Å². The minimum Gasteiger partial charge on any atom is -0.351 e. The first-order chi connectivity index (χ1) is 6.59. The van der Waals surface area contributed by atoms with Crippen molar-refractivity contribution >= 4 is 5.91 Å². The van der Waals surface area contributed by atoms with Crippen molar-refractivity contribution in [3.8, 4) is 0 Å². The van der Waals surface area contributed by atoms with Gasteiger partial charge in [-0.05, 0) is 18.3 Å². The molecule has 0 aromatic heterocycles. The van der Waals surface area contributed by atoms with Crippen LogP contribution in [0, 0.1) is 11.3 Å². The highest BCUT2D eigenvalue weighted by Crippen LogP contribution is 2.42. The first-order valence-electron chi connectivity index (χ1n) is 5.61. The standard InChI is InChI=1S/C11H20N2O/c1-11(2)5-3-4-9(11)10(14)13-8-6-12-7-8/h8-9,12H,3-7H2,1-2H3,(H,13,14). The normalized spacial score (nSPS) is 31.1. The topological polar surface area (TPSA) is 41.1 Å². The van der Waals surface area contributed by atoms with Crippen molar-refractivity contribution in [3.63, 3.8) is 0 Å². The maximum atomic E-state index is 11.9. The fourth-order valence-corrected chi connectivity index (χ4v) is 2.51. The predicted octanol–water partition coefficient (Wildman–Crippen LogP) is 0.901. The number of hydrogen-bond donors (Lipinski definition) is 2. The van der Waals surface area contributed by atoms with Gasteiger partial charge in [0, 0.05) is 19.0 Å². The summed E-state index contributed by atoms with van der Waals surface area (Å²) in [6.45, 7) is 6.31. The molecule has 1 amide bonds. The van der Waals surface area contributed by atoms with E-state index in [9.17, 15) is 4.79 Å². The molecule has 1 heterocycles. The van der Waals surface area contributed by atoms with E-state index in [1.165, 1.54) is 12.8 Å². The van der Waals surface area contributed by atoms with E-state index < -0.39 is 0 Å². The van der Waals surface area contributed by atoms with Gasteiger partial charge in [0.2, 0.25) is 5.91 Å². The molecule has 2 N–H and O–H groups in total. The summed E-state index contributed by atoms with van der Waals surface area (Å²) in [6.07, 6.45) is 3.46. The molecule has 1 atom stereocenters. The quantitative estimate of drug-likeness (QED) is 0.689. The molecule has 3 nitrogen and oxygen atoms in total. The van der Waals surface area contributed by atoms with Gasteiger partial charge in [-0.25, -0.2) is 0 Å². The van der Waals surface area contributed by atoms with Crippen LogP contribution < -0.4 is 10.6 Å². The van der Waals surface area contributed by atoms with E-state index in [0.29, 0.717) is 6.04 Å². The Balaban J connectivity index is 1.90. The molecule has 80 valence electrons. The number of carbonyl (C=O) groups excluding carboxylic acids is 1. The zero-order chi connectivity index (χ0) is 10.2. The molecular formula is C11H20N2O. The van der Waals surface area contributed by atoms with Gasteiger partial charge in [-0.1, -0.05) is 20.3 Å². The number of rotatable bonds is 2. The minimum absolute atomic E-state index is 0.210. The van der Waals surface area contributed by atoms with Crippen molar-refractivity contribution in [1.29, 1.82) is 0 Å². The largest absolute Gasteiger partial charge is 0.351 e. The lowest BCUT2D eigenvalue weighted by atomic mass is 9.81. The van der Waals surface area contributed by atoms with Gasteiger partial charge in [-0.2, -0.15) is 0 Å². The Bertz CT molecular complexity index is 233. The summed E-state index contributed by atoms with van der Waals surface area (Å²) in [5.74, 6) is 0.516. The average molecular weight is 196 g/mol. The molecule has 0 radical (unpaired) electrons. The van der Waals surface area contributed by atoms with Gasteiger partial charge < -0.3 is 10.6 Å². The van der Waals surface area contributed by atoms with Crippen molar-refractivity contribution in [3.05, 3.63) is 0 Å². The van der Waals surface area contributed by atoms with Crippen LogP contribution in [0.3, 0.4) is 0 Å². The van der Waals surface area contributed by atoms with Gasteiger partial charge in [0.1, 0.15) is 0 Å². The van der Waals surface area contributed by atoms with E-state index in [2.05, 4.69) is 24.5 Å². The Hall–Kier alpha value is -0.570. The molecular weight excluding hydrogens is 176 g/mol. The first kappa shape index (κ1) is 9.97. The fourth-order valence-electron chi connectivity index (χ4n) is 2.51. The summed E-state index contributed by atoms with van der Waals surface area (Å²) in [6, 6.07) is 0.388. The van der Waals surface area contributed by atoms with Crippen molar-refractivity contribution in [2.45, 2.75) is 39.2 Å². The van der Waals surface area contributed by atoms with E-state index in [4.69, 9.17) is 0 Å². The van der Waals surface area contributed by atoms with Crippen molar-refractivity contribution in [2.24, 2.45) is 11.3 Å². The minimum atomic E-state index is 0.210. The van der Waals surface area contributed by atoms with E-state index in [-0.39, 0.29) is 17.2 Å². The number of nitrogens with one attached hydrogen (secondary N) is 2. The summed E-state index contributed by atoms with van der Waals surface area (Å²) in [5, 5.41) is 6.28. The number of amides is 1. The maximum absolute atomic E-state index is 11.9. The van der Waals surface area contributed by atoms with Crippen LogP contribution in [0.15, 0.2) is 0 Å². The van der Waals surface area contributed by atoms with Gasteiger partial charge in [0.25, 0.3) is 0 Å². The molecule has 1 saturated heterocycles.